The average molecular weight is 344 g/mol. The van der Waals surface area contributed by atoms with Crippen LogP contribution in [0.15, 0.2) is 28.9 Å². The first kappa shape index (κ1) is 15.6. The van der Waals surface area contributed by atoms with Crippen molar-refractivity contribution < 1.29 is 9.32 Å². The van der Waals surface area contributed by atoms with Gasteiger partial charge in [-0.2, -0.15) is 16.7 Å². The third-order valence-corrected chi connectivity index (χ3v) is 6.12. The van der Waals surface area contributed by atoms with Crippen molar-refractivity contribution in [1.82, 2.24) is 20.0 Å². The van der Waals surface area contributed by atoms with Crippen LogP contribution < -0.4 is 0 Å². The van der Waals surface area contributed by atoms with Crippen LogP contribution in [0.1, 0.15) is 31.1 Å². The Morgan fingerprint density at radius 2 is 2.12 bits per heavy atom. The summed E-state index contributed by atoms with van der Waals surface area (Å²) in [5.41, 5.74) is 0.721. The number of likely N-dealkylation sites (tertiary alicyclic amines) is 1. The Morgan fingerprint density at radius 3 is 2.79 bits per heavy atom. The number of hydrogen-bond acceptors (Lipinski definition) is 6. The van der Waals surface area contributed by atoms with Gasteiger partial charge in [0, 0.05) is 31.6 Å². The monoisotopic (exact) mass is 344 g/mol. The molecule has 0 saturated carbocycles. The van der Waals surface area contributed by atoms with Crippen LogP contribution >= 0.6 is 11.8 Å². The van der Waals surface area contributed by atoms with Crippen molar-refractivity contribution in [2.45, 2.75) is 25.2 Å². The normalized spacial score (nSPS) is 19.2. The first-order valence-electron chi connectivity index (χ1n) is 8.40. The van der Waals surface area contributed by atoms with Gasteiger partial charge >= 0.3 is 0 Å². The molecule has 2 aromatic rings. The molecular weight excluding hydrogens is 324 g/mol. The molecule has 0 aliphatic carbocycles. The Balaban J connectivity index is 1.34. The van der Waals surface area contributed by atoms with Crippen LogP contribution in [0.4, 0.5) is 0 Å². The molecule has 24 heavy (non-hydrogen) atoms. The van der Waals surface area contributed by atoms with E-state index >= 15 is 0 Å². The van der Waals surface area contributed by atoms with Crippen molar-refractivity contribution in [3.63, 3.8) is 0 Å². The molecule has 0 unspecified atom stereocenters. The van der Waals surface area contributed by atoms with Crippen LogP contribution in [0, 0.1) is 5.92 Å². The molecule has 0 spiro atoms. The number of amides is 1. The SMILES string of the molecule is O=C(CC1CSC1)N1CCC(c2nc(-c3ccccn3)no2)CC1. The van der Waals surface area contributed by atoms with E-state index in [1.165, 1.54) is 0 Å². The Bertz CT molecular complexity index is 694. The fourth-order valence-electron chi connectivity index (χ4n) is 3.15. The van der Waals surface area contributed by atoms with E-state index in [1.54, 1.807) is 6.20 Å². The smallest absolute Gasteiger partial charge is 0.230 e. The highest BCUT2D eigenvalue weighted by Crippen LogP contribution is 2.31. The van der Waals surface area contributed by atoms with E-state index in [0.29, 0.717) is 30.0 Å². The number of carbonyl (C=O) groups is 1. The Morgan fingerprint density at radius 1 is 1.29 bits per heavy atom. The van der Waals surface area contributed by atoms with E-state index in [0.717, 1.165) is 43.1 Å². The number of thioether (sulfide) groups is 1. The highest BCUT2D eigenvalue weighted by atomic mass is 32.2. The predicted molar refractivity (Wildman–Crippen MR) is 91.5 cm³/mol. The summed E-state index contributed by atoms with van der Waals surface area (Å²) in [7, 11) is 0. The van der Waals surface area contributed by atoms with Crippen molar-refractivity contribution >= 4 is 17.7 Å². The molecule has 0 radical (unpaired) electrons. The van der Waals surface area contributed by atoms with E-state index in [2.05, 4.69) is 15.1 Å². The summed E-state index contributed by atoms with van der Waals surface area (Å²) in [6.45, 7) is 1.56. The summed E-state index contributed by atoms with van der Waals surface area (Å²) in [5, 5.41) is 4.04. The van der Waals surface area contributed by atoms with Gasteiger partial charge in [-0.05, 0) is 42.4 Å². The molecule has 4 rings (SSSR count). The van der Waals surface area contributed by atoms with Gasteiger partial charge in [-0.25, -0.2) is 0 Å². The lowest BCUT2D eigenvalue weighted by Gasteiger charge is -2.33. The van der Waals surface area contributed by atoms with Gasteiger partial charge < -0.3 is 9.42 Å². The van der Waals surface area contributed by atoms with Crippen LogP contribution in [-0.2, 0) is 4.79 Å². The maximum absolute atomic E-state index is 12.3. The lowest BCUT2D eigenvalue weighted by molar-refractivity contribution is -0.133. The maximum Gasteiger partial charge on any atom is 0.230 e. The molecule has 0 aromatic carbocycles. The van der Waals surface area contributed by atoms with Gasteiger partial charge in [0.25, 0.3) is 0 Å². The molecule has 7 heteroatoms. The third kappa shape index (κ3) is 3.31. The second-order valence-electron chi connectivity index (χ2n) is 6.43. The average Bonchev–Trinajstić information content (AvgIpc) is 3.09. The fourth-order valence-corrected chi connectivity index (χ4v) is 3.96. The minimum Gasteiger partial charge on any atom is -0.343 e. The Hall–Kier alpha value is -1.89. The number of piperidine rings is 1. The topological polar surface area (TPSA) is 72.1 Å². The van der Waals surface area contributed by atoms with Gasteiger partial charge in [-0.3, -0.25) is 9.78 Å². The molecule has 4 heterocycles. The molecule has 6 nitrogen and oxygen atoms in total. The van der Waals surface area contributed by atoms with Crippen molar-refractivity contribution in [3.8, 4) is 11.5 Å². The molecule has 1 amide bonds. The van der Waals surface area contributed by atoms with E-state index in [9.17, 15) is 4.79 Å². The largest absolute Gasteiger partial charge is 0.343 e. The van der Waals surface area contributed by atoms with Crippen molar-refractivity contribution in [2.24, 2.45) is 5.92 Å². The fraction of sp³-hybridized carbons (Fsp3) is 0.529. The number of hydrogen-bond donors (Lipinski definition) is 0. The van der Waals surface area contributed by atoms with Gasteiger partial charge in [-0.15, -0.1) is 0 Å². The molecule has 0 atom stereocenters. The van der Waals surface area contributed by atoms with Crippen LogP contribution in [0.3, 0.4) is 0 Å². The molecule has 2 saturated heterocycles. The first-order valence-corrected chi connectivity index (χ1v) is 9.55. The number of pyridine rings is 1. The van der Waals surface area contributed by atoms with E-state index in [4.69, 9.17) is 4.52 Å². The predicted octanol–water partition coefficient (Wildman–Crippen LogP) is 2.59. The van der Waals surface area contributed by atoms with Crippen molar-refractivity contribution in [1.29, 1.82) is 0 Å². The van der Waals surface area contributed by atoms with Gasteiger partial charge in [0.2, 0.25) is 17.6 Å². The molecule has 2 aliphatic rings. The molecule has 2 aromatic heterocycles. The van der Waals surface area contributed by atoms with Crippen LogP contribution in [0.5, 0.6) is 0 Å². The van der Waals surface area contributed by atoms with Gasteiger partial charge in [0.1, 0.15) is 5.69 Å². The number of rotatable bonds is 4. The third-order valence-electron chi connectivity index (χ3n) is 4.70. The second kappa shape index (κ2) is 6.93. The van der Waals surface area contributed by atoms with Gasteiger partial charge in [0.15, 0.2) is 0 Å². The summed E-state index contributed by atoms with van der Waals surface area (Å²) in [6, 6.07) is 5.64. The lowest BCUT2D eigenvalue weighted by Crippen LogP contribution is -2.40. The number of nitrogens with zero attached hydrogens (tertiary/aromatic N) is 4. The van der Waals surface area contributed by atoms with Crippen LogP contribution in [0.25, 0.3) is 11.5 Å². The minimum absolute atomic E-state index is 0.235. The quantitative estimate of drug-likeness (QED) is 0.849. The minimum atomic E-state index is 0.235. The first-order chi connectivity index (χ1) is 11.8. The Kier molecular flexibility index (Phi) is 4.51. The summed E-state index contributed by atoms with van der Waals surface area (Å²) in [5.74, 6) is 4.61. The second-order valence-corrected chi connectivity index (χ2v) is 7.51. The summed E-state index contributed by atoms with van der Waals surface area (Å²) in [6.07, 6.45) is 4.20. The van der Waals surface area contributed by atoms with Crippen LogP contribution in [-0.4, -0.2) is 50.5 Å². The van der Waals surface area contributed by atoms with Crippen molar-refractivity contribution in [3.05, 3.63) is 30.3 Å². The van der Waals surface area contributed by atoms with Gasteiger partial charge in [-0.1, -0.05) is 11.2 Å². The Labute approximate surface area is 145 Å². The molecule has 2 aliphatic heterocycles. The summed E-state index contributed by atoms with van der Waals surface area (Å²) < 4.78 is 5.44. The highest BCUT2D eigenvalue weighted by molar-refractivity contribution is 8.00. The molecule has 126 valence electrons. The number of aromatic nitrogens is 3. The number of carbonyl (C=O) groups excluding carboxylic acids is 1. The van der Waals surface area contributed by atoms with Crippen molar-refractivity contribution in [2.75, 3.05) is 24.6 Å². The van der Waals surface area contributed by atoms with Crippen LogP contribution in [0.2, 0.25) is 0 Å². The lowest BCUT2D eigenvalue weighted by atomic mass is 9.96. The molecule has 2 fully saturated rings. The van der Waals surface area contributed by atoms with E-state index in [-0.39, 0.29) is 5.92 Å². The standard InChI is InChI=1S/C17H20N4O2S/c22-15(9-12-10-24-11-12)21-7-4-13(5-8-21)17-19-16(20-23-17)14-3-1-2-6-18-14/h1-3,6,12-13H,4-5,7-11H2. The molecular formula is C17H20N4O2S. The molecule has 0 bridgehead atoms. The highest BCUT2D eigenvalue weighted by Gasteiger charge is 2.30. The zero-order valence-electron chi connectivity index (χ0n) is 13.4. The zero-order valence-corrected chi connectivity index (χ0v) is 14.2. The molecule has 0 N–H and O–H groups in total. The van der Waals surface area contributed by atoms with Gasteiger partial charge in [0.05, 0.1) is 0 Å². The summed E-state index contributed by atoms with van der Waals surface area (Å²) >= 11 is 1.93. The zero-order chi connectivity index (χ0) is 16.4. The summed E-state index contributed by atoms with van der Waals surface area (Å²) in [4.78, 5) is 23.0. The van der Waals surface area contributed by atoms with E-state index < -0.39 is 0 Å². The van der Waals surface area contributed by atoms with E-state index in [1.807, 2.05) is 34.9 Å². The maximum atomic E-state index is 12.3.